The third kappa shape index (κ3) is 3.26. The van der Waals surface area contributed by atoms with Crippen molar-refractivity contribution in [2.24, 2.45) is 0 Å². The van der Waals surface area contributed by atoms with Gasteiger partial charge in [-0.1, -0.05) is 0 Å². The lowest BCUT2D eigenvalue weighted by atomic mass is 10.3. The van der Waals surface area contributed by atoms with Crippen molar-refractivity contribution in [1.29, 1.82) is 0 Å². The largest absolute Gasteiger partial charge is 0.436 e. The Morgan fingerprint density at radius 3 is 2.45 bits per heavy atom. The number of amides is 1. The van der Waals surface area contributed by atoms with Crippen molar-refractivity contribution in [3.8, 4) is 0 Å². The van der Waals surface area contributed by atoms with Crippen LogP contribution >= 0.6 is 15.9 Å². The number of anilines is 1. The summed E-state index contributed by atoms with van der Waals surface area (Å²) >= 11 is 2.86. The van der Waals surface area contributed by atoms with Crippen molar-refractivity contribution >= 4 is 27.8 Å². The number of hydrogen-bond donors (Lipinski definition) is 1. The van der Waals surface area contributed by atoms with Gasteiger partial charge in [-0.3, -0.25) is 14.8 Å². The molecule has 0 saturated heterocycles. The van der Waals surface area contributed by atoms with E-state index in [-0.39, 0.29) is 16.1 Å². The van der Waals surface area contributed by atoms with E-state index in [0.29, 0.717) is 0 Å². The Bertz CT molecular complexity index is 686. The van der Waals surface area contributed by atoms with Gasteiger partial charge in [0.1, 0.15) is 6.04 Å². The molecule has 1 amide bonds. The lowest BCUT2D eigenvalue weighted by Crippen LogP contribution is -2.26. The van der Waals surface area contributed by atoms with Crippen LogP contribution in [-0.4, -0.2) is 25.7 Å². The molecule has 2 aromatic rings. The number of alkyl halides is 3. The number of carbonyl (C=O) groups is 1. The van der Waals surface area contributed by atoms with Crippen LogP contribution in [0, 0.1) is 6.92 Å². The summed E-state index contributed by atoms with van der Waals surface area (Å²) in [6.45, 7) is 2.87. The molecule has 10 heteroatoms. The average Bonchev–Trinajstić information content (AvgIpc) is 2.75. The van der Waals surface area contributed by atoms with Gasteiger partial charge in [0, 0.05) is 12.4 Å². The first-order valence-corrected chi connectivity index (χ1v) is 6.90. The second-order valence-electron chi connectivity index (χ2n) is 4.43. The molecule has 0 aliphatic heterocycles. The van der Waals surface area contributed by atoms with Crippen LogP contribution in [0.2, 0.25) is 0 Å². The number of nitrogens with zero attached hydrogens (tertiary/aromatic N) is 4. The van der Waals surface area contributed by atoms with E-state index in [2.05, 4.69) is 36.3 Å². The van der Waals surface area contributed by atoms with E-state index in [0.717, 1.165) is 4.68 Å². The lowest BCUT2D eigenvalue weighted by Gasteiger charge is -2.13. The van der Waals surface area contributed by atoms with Crippen molar-refractivity contribution in [1.82, 2.24) is 19.7 Å². The molecule has 0 bridgehead atoms. The van der Waals surface area contributed by atoms with Crippen LogP contribution in [0.3, 0.4) is 0 Å². The van der Waals surface area contributed by atoms with Crippen LogP contribution in [0.5, 0.6) is 0 Å². The van der Waals surface area contributed by atoms with E-state index < -0.39 is 23.8 Å². The van der Waals surface area contributed by atoms with E-state index >= 15 is 0 Å². The highest BCUT2D eigenvalue weighted by atomic mass is 79.9. The van der Waals surface area contributed by atoms with Gasteiger partial charge in [-0.15, -0.1) is 0 Å². The minimum Gasteiger partial charge on any atom is -0.293 e. The van der Waals surface area contributed by atoms with Crippen LogP contribution in [-0.2, 0) is 11.0 Å². The zero-order chi connectivity index (χ0) is 16.5. The fourth-order valence-corrected chi connectivity index (χ4v) is 2.23. The van der Waals surface area contributed by atoms with Crippen LogP contribution in [0.4, 0.5) is 19.1 Å². The maximum absolute atomic E-state index is 12.8. The predicted molar refractivity (Wildman–Crippen MR) is 75.0 cm³/mol. The first-order chi connectivity index (χ1) is 10.2. The van der Waals surface area contributed by atoms with Gasteiger partial charge in [0.25, 0.3) is 5.91 Å². The molecule has 2 aromatic heterocycles. The molecule has 0 unspecified atom stereocenters. The molecule has 6 nitrogen and oxygen atoms in total. The zero-order valence-electron chi connectivity index (χ0n) is 11.5. The summed E-state index contributed by atoms with van der Waals surface area (Å²) < 4.78 is 39.3. The first kappa shape index (κ1) is 16.4. The van der Waals surface area contributed by atoms with E-state index in [9.17, 15) is 18.0 Å². The molecule has 1 N–H and O–H groups in total. The SMILES string of the molecule is Cc1c(Br)c(C(F)(F)F)nn1[C@@H](C)C(=O)Nc1ncccn1. The number of halogens is 4. The van der Waals surface area contributed by atoms with Gasteiger partial charge in [0.05, 0.1) is 10.2 Å². The molecule has 0 saturated carbocycles. The van der Waals surface area contributed by atoms with E-state index in [1.165, 1.54) is 26.2 Å². The van der Waals surface area contributed by atoms with E-state index in [1.807, 2.05) is 0 Å². The molecule has 2 heterocycles. The summed E-state index contributed by atoms with van der Waals surface area (Å²) in [5.74, 6) is -0.503. The average molecular weight is 378 g/mol. The monoisotopic (exact) mass is 377 g/mol. The van der Waals surface area contributed by atoms with E-state index in [1.54, 1.807) is 6.07 Å². The summed E-state index contributed by atoms with van der Waals surface area (Å²) in [7, 11) is 0. The molecule has 2 rings (SSSR count). The van der Waals surface area contributed by atoms with Crippen LogP contribution < -0.4 is 5.32 Å². The zero-order valence-corrected chi connectivity index (χ0v) is 13.1. The number of aromatic nitrogens is 4. The molecule has 0 aliphatic rings. The predicted octanol–water partition coefficient (Wildman–Crippen LogP) is 2.96. The van der Waals surface area contributed by atoms with Gasteiger partial charge in [0.2, 0.25) is 5.95 Å². The summed E-state index contributed by atoms with van der Waals surface area (Å²) in [5.41, 5.74) is -0.871. The summed E-state index contributed by atoms with van der Waals surface area (Å²) in [4.78, 5) is 19.7. The molecule has 0 aliphatic carbocycles. The van der Waals surface area contributed by atoms with Crippen LogP contribution in [0.1, 0.15) is 24.4 Å². The molecule has 1 atom stereocenters. The molecule has 0 fully saturated rings. The molecule has 22 heavy (non-hydrogen) atoms. The Balaban J connectivity index is 2.26. The van der Waals surface area contributed by atoms with Gasteiger partial charge < -0.3 is 0 Å². The van der Waals surface area contributed by atoms with Gasteiger partial charge in [-0.05, 0) is 35.8 Å². The quantitative estimate of drug-likeness (QED) is 0.892. The lowest BCUT2D eigenvalue weighted by molar-refractivity contribution is -0.142. The summed E-state index contributed by atoms with van der Waals surface area (Å²) in [6.07, 6.45) is -1.73. The Morgan fingerprint density at radius 1 is 1.36 bits per heavy atom. The maximum atomic E-state index is 12.8. The van der Waals surface area contributed by atoms with Crippen LogP contribution in [0.25, 0.3) is 0 Å². The minimum atomic E-state index is -4.60. The Morgan fingerprint density at radius 2 is 1.95 bits per heavy atom. The summed E-state index contributed by atoms with van der Waals surface area (Å²) in [5, 5.41) is 5.90. The van der Waals surface area contributed by atoms with Gasteiger partial charge in [-0.2, -0.15) is 18.3 Å². The fourth-order valence-electron chi connectivity index (χ4n) is 1.75. The van der Waals surface area contributed by atoms with Crippen LogP contribution in [0.15, 0.2) is 22.9 Å². The summed E-state index contributed by atoms with van der Waals surface area (Å²) in [6, 6.07) is 0.611. The first-order valence-electron chi connectivity index (χ1n) is 6.11. The second-order valence-corrected chi connectivity index (χ2v) is 5.22. The van der Waals surface area contributed by atoms with Crippen molar-refractivity contribution in [2.45, 2.75) is 26.1 Å². The van der Waals surface area contributed by atoms with E-state index in [4.69, 9.17) is 0 Å². The molecular weight excluding hydrogens is 367 g/mol. The third-order valence-corrected chi connectivity index (χ3v) is 3.84. The van der Waals surface area contributed by atoms with Gasteiger partial charge in [-0.25, -0.2) is 9.97 Å². The van der Waals surface area contributed by atoms with Gasteiger partial charge in [0.15, 0.2) is 5.69 Å². The smallest absolute Gasteiger partial charge is 0.293 e. The number of hydrogen-bond acceptors (Lipinski definition) is 4. The molecule has 0 spiro atoms. The standard InChI is InChI=1S/C12H11BrF3N5O/c1-6-8(13)9(12(14,15)16)20-21(6)7(2)10(22)19-11-17-4-3-5-18-11/h3-5,7H,1-2H3,(H,17,18,19,22)/t7-/m0/s1. The Kier molecular flexibility index (Phi) is 4.50. The number of nitrogens with one attached hydrogen (secondary N) is 1. The van der Waals surface area contributed by atoms with Gasteiger partial charge >= 0.3 is 6.18 Å². The van der Waals surface area contributed by atoms with Crippen molar-refractivity contribution in [2.75, 3.05) is 5.32 Å². The van der Waals surface area contributed by atoms with Crippen molar-refractivity contribution in [3.63, 3.8) is 0 Å². The highest BCUT2D eigenvalue weighted by Gasteiger charge is 2.38. The Hall–Kier alpha value is -1.97. The third-order valence-electron chi connectivity index (χ3n) is 2.89. The number of carbonyl (C=O) groups excluding carboxylic acids is 1. The highest BCUT2D eigenvalue weighted by Crippen LogP contribution is 2.36. The normalized spacial score (nSPS) is 13.0. The Labute approximate surface area is 131 Å². The fraction of sp³-hybridized carbons (Fsp3) is 0.333. The number of rotatable bonds is 3. The molecular formula is C12H11BrF3N5O. The maximum Gasteiger partial charge on any atom is 0.436 e. The van der Waals surface area contributed by atoms with Crippen molar-refractivity contribution in [3.05, 3.63) is 34.3 Å². The second kappa shape index (κ2) is 6.03. The van der Waals surface area contributed by atoms with Crippen molar-refractivity contribution < 1.29 is 18.0 Å². The minimum absolute atomic E-state index is 0.0688. The molecule has 118 valence electrons. The molecule has 0 radical (unpaired) electrons. The highest BCUT2D eigenvalue weighted by molar-refractivity contribution is 9.10. The molecule has 0 aromatic carbocycles. The topological polar surface area (TPSA) is 72.7 Å².